The highest BCUT2D eigenvalue weighted by Gasteiger charge is 2.23. The van der Waals surface area contributed by atoms with Gasteiger partial charge in [0, 0.05) is 29.3 Å². The summed E-state index contributed by atoms with van der Waals surface area (Å²) in [5, 5.41) is 8.69. The van der Waals surface area contributed by atoms with Gasteiger partial charge in [-0.1, -0.05) is 56.2 Å². The van der Waals surface area contributed by atoms with Gasteiger partial charge in [0.1, 0.15) is 11.3 Å². The number of carbonyl (C=O) groups is 2. The predicted molar refractivity (Wildman–Crippen MR) is 138 cm³/mol. The third kappa shape index (κ3) is 5.40. The van der Waals surface area contributed by atoms with Crippen LogP contribution in [-0.4, -0.2) is 34.3 Å². The predicted octanol–water partition coefficient (Wildman–Crippen LogP) is 5.54. The van der Waals surface area contributed by atoms with Gasteiger partial charge in [-0.3, -0.25) is 4.79 Å². The van der Waals surface area contributed by atoms with Crippen LogP contribution in [0.2, 0.25) is 0 Å². The first-order valence-corrected chi connectivity index (χ1v) is 12.3. The van der Waals surface area contributed by atoms with Crippen molar-refractivity contribution in [2.45, 2.75) is 38.6 Å². The zero-order valence-corrected chi connectivity index (χ0v) is 20.2. The number of nitrogens with one attached hydrogen (secondary N) is 1. The van der Waals surface area contributed by atoms with Gasteiger partial charge in [-0.2, -0.15) is 5.10 Å². The first-order chi connectivity index (χ1) is 17.6. The molecule has 4 aromatic rings. The molecule has 0 aliphatic heterocycles. The Labute approximate surface area is 209 Å². The van der Waals surface area contributed by atoms with Crippen LogP contribution in [0, 0.1) is 5.92 Å². The number of ether oxygens (including phenoxy) is 1. The number of esters is 1. The van der Waals surface area contributed by atoms with Gasteiger partial charge in [-0.25, -0.2) is 9.48 Å². The lowest BCUT2D eigenvalue weighted by Gasteiger charge is -2.29. The van der Waals surface area contributed by atoms with E-state index in [-0.39, 0.29) is 18.6 Å². The highest BCUT2D eigenvalue weighted by Crippen LogP contribution is 2.30. The van der Waals surface area contributed by atoms with Crippen LogP contribution in [0.15, 0.2) is 77.4 Å². The molecule has 7 nitrogen and oxygen atoms in total. The summed E-state index contributed by atoms with van der Waals surface area (Å²) in [4.78, 5) is 24.7. The molecule has 2 heterocycles. The number of nitrogens with zero attached hydrogens (tertiary/aromatic N) is 2. The number of carbonyl (C=O) groups excluding carboxylic acids is 2. The third-order valence-corrected chi connectivity index (χ3v) is 6.62. The van der Waals surface area contributed by atoms with Crippen LogP contribution in [0.5, 0.6) is 0 Å². The first kappa shape index (κ1) is 23.6. The number of amides is 1. The summed E-state index contributed by atoms with van der Waals surface area (Å²) < 4.78 is 13.0. The number of hydrogen-bond donors (Lipinski definition) is 1. The summed E-state index contributed by atoms with van der Waals surface area (Å²) in [6.45, 7) is 1.85. The lowest BCUT2D eigenvalue weighted by Crippen LogP contribution is -2.42. The molecule has 1 aliphatic rings. The number of furan rings is 1. The molecule has 2 aromatic heterocycles. The van der Waals surface area contributed by atoms with Gasteiger partial charge in [0.2, 0.25) is 0 Å². The Hall–Kier alpha value is -4.13. The van der Waals surface area contributed by atoms with E-state index in [1.165, 1.54) is 12.5 Å². The van der Waals surface area contributed by atoms with E-state index in [1.54, 1.807) is 10.8 Å². The van der Waals surface area contributed by atoms with Crippen molar-refractivity contribution in [3.05, 3.63) is 78.5 Å². The van der Waals surface area contributed by atoms with Gasteiger partial charge in [0.15, 0.2) is 12.4 Å². The molecule has 1 N–H and O–H groups in total. The molecule has 0 radical (unpaired) electrons. The zero-order chi connectivity index (χ0) is 24.9. The molecular formula is C29H29N3O4. The number of para-hydroxylation sites is 2. The van der Waals surface area contributed by atoms with Crippen molar-refractivity contribution in [2.75, 3.05) is 6.61 Å². The minimum Gasteiger partial charge on any atom is -0.454 e. The van der Waals surface area contributed by atoms with Gasteiger partial charge in [0.25, 0.3) is 5.91 Å². The van der Waals surface area contributed by atoms with Crippen molar-refractivity contribution in [3.63, 3.8) is 0 Å². The molecule has 2 atom stereocenters. The summed E-state index contributed by atoms with van der Waals surface area (Å²) in [7, 11) is 0. The van der Waals surface area contributed by atoms with Crippen LogP contribution < -0.4 is 5.32 Å². The lowest BCUT2D eigenvalue weighted by molar-refractivity contribution is -0.144. The van der Waals surface area contributed by atoms with Crippen molar-refractivity contribution in [3.8, 4) is 17.1 Å². The second kappa shape index (κ2) is 10.6. The van der Waals surface area contributed by atoms with Crippen LogP contribution >= 0.6 is 0 Å². The third-order valence-electron chi connectivity index (χ3n) is 6.62. The fraction of sp³-hybridized carbons (Fsp3) is 0.276. The molecule has 0 spiro atoms. The Morgan fingerprint density at radius 3 is 2.69 bits per heavy atom. The number of rotatable bonds is 7. The maximum atomic E-state index is 12.4. The Kier molecular flexibility index (Phi) is 6.98. The molecule has 184 valence electrons. The SMILES string of the molecule is CC1CCCCC1NC(=O)COC(=O)C=Cc1cn(-c2ccccc2)nc1-c1cc2ccccc2o1. The fourth-order valence-corrected chi connectivity index (χ4v) is 4.63. The maximum Gasteiger partial charge on any atom is 0.331 e. The van der Waals surface area contributed by atoms with E-state index in [1.807, 2.05) is 66.9 Å². The Balaban J connectivity index is 1.31. The van der Waals surface area contributed by atoms with Crippen molar-refractivity contribution >= 4 is 28.9 Å². The van der Waals surface area contributed by atoms with Gasteiger partial charge in [-0.05, 0) is 49.1 Å². The van der Waals surface area contributed by atoms with E-state index in [4.69, 9.17) is 14.3 Å². The summed E-state index contributed by atoms with van der Waals surface area (Å²) in [5.41, 5.74) is 2.93. The van der Waals surface area contributed by atoms with E-state index in [0.717, 1.165) is 35.9 Å². The second-order valence-corrected chi connectivity index (χ2v) is 9.24. The van der Waals surface area contributed by atoms with Crippen LogP contribution in [0.25, 0.3) is 34.2 Å². The Bertz CT molecular complexity index is 1350. The first-order valence-electron chi connectivity index (χ1n) is 12.3. The van der Waals surface area contributed by atoms with Crippen LogP contribution in [-0.2, 0) is 14.3 Å². The molecule has 1 saturated carbocycles. The average Bonchev–Trinajstić information content (AvgIpc) is 3.52. The van der Waals surface area contributed by atoms with E-state index in [2.05, 4.69) is 12.2 Å². The summed E-state index contributed by atoms with van der Waals surface area (Å²) >= 11 is 0. The number of aromatic nitrogens is 2. The van der Waals surface area contributed by atoms with Gasteiger partial charge < -0.3 is 14.5 Å². The molecule has 0 saturated heterocycles. The molecule has 1 amide bonds. The molecule has 7 heteroatoms. The monoisotopic (exact) mass is 483 g/mol. The van der Waals surface area contributed by atoms with Gasteiger partial charge >= 0.3 is 5.97 Å². The van der Waals surface area contributed by atoms with E-state index >= 15 is 0 Å². The molecule has 0 bridgehead atoms. The largest absolute Gasteiger partial charge is 0.454 e. The minimum atomic E-state index is -0.593. The van der Waals surface area contributed by atoms with Crippen LogP contribution in [0.4, 0.5) is 0 Å². The molecule has 2 unspecified atom stereocenters. The molecule has 1 aliphatic carbocycles. The standard InChI is InChI=1S/C29H29N3O4/c1-20-9-5-7-13-24(20)30-27(33)19-35-28(34)16-15-22-18-32(23-11-3-2-4-12-23)31-29(22)26-17-21-10-6-8-14-25(21)36-26/h2-4,6,8,10-12,14-18,20,24H,5,7,9,13,19H2,1H3,(H,30,33). The van der Waals surface area contributed by atoms with Crippen LogP contribution in [0.1, 0.15) is 38.2 Å². The van der Waals surface area contributed by atoms with Gasteiger partial charge in [-0.15, -0.1) is 0 Å². The number of hydrogen-bond acceptors (Lipinski definition) is 5. The molecular weight excluding hydrogens is 454 g/mol. The minimum absolute atomic E-state index is 0.149. The highest BCUT2D eigenvalue weighted by molar-refractivity contribution is 5.91. The fourth-order valence-electron chi connectivity index (χ4n) is 4.63. The van der Waals surface area contributed by atoms with Crippen molar-refractivity contribution in [1.82, 2.24) is 15.1 Å². The molecule has 5 rings (SSSR count). The molecule has 36 heavy (non-hydrogen) atoms. The van der Waals surface area contributed by atoms with E-state index in [0.29, 0.717) is 22.9 Å². The normalized spacial score (nSPS) is 17.9. The van der Waals surface area contributed by atoms with E-state index in [9.17, 15) is 9.59 Å². The summed E-state index contributed by atoms with van der Waals surface area (Å²) in [6, 6.07) is 19.5. The Morgan fingerprint density at radius 1 is 1.11 bits per heavy atom. The average molecular weight is 484 g/mol. The Morgan fingerprint density at radius 2 is 1.89 bits per heavy atom. The quantitative estimate of drug-likeness (QED) is 0.276. The lowest BCUT2D eigenvalue weighted by atomic mass is 9.86. The van der Waals surface area contributed by atoms with Crippen molar-refractivity contribution in [1.29, 1.82) is 0 Å². The molecule has 2 aromatic carbocycles. The topological polar surface area (TPSA) is 86.4 Å². The molecule has 1 fully saturated rings. The zero-order valence-electron chi connectivity index (χ0n) is 20.2. The van der Waals surface area contributed by atoms with Crippen molar-refractivity contribution < 1.29 is 18.7 Å². The van der Waals surface area contributed by atoms with Crippen LogP contribution in [0.3, 0.4) is 0 Å². The smallest absolute Gasteiger partial charge is 0.331 e. The summed E-state index contributed by atoms with van der Waals surface area (Å²) in [6.07, 6.45) is 9.17. The summed E-state index contributed by atoms with van der Waals surface area (Å²) in [5.74, 6) is 0.177. The highest BCUT2D eigenvalue weighted by atomic mass is 16.5. The number of benzene rings is 2. The van der Waals surface area contributed by atoms with Gasteiger partial charge in [0.05, 0.1) is 5.69 Å². The van der Waals surface area contributed by atoms with E-state index < -0.39 is 5.97 Å². The number of fused-ring (bicyclic) bond motifs is 1. The second-order valence-electron chi connectivity index (χ2n) is 9.24. The van der Waals surface area contributed by atoms with Crippen molar-refractivity contribution in [2.24, 2.45) is 5.92 Å². The maximum absolute atomic E-state index is 12.4.